The second-order valence-corrected chi connectivity index (χ2v) is 14.9. The molecule has 8 aromatic carbocycles. The molecule has 0 bridgehead atoms. The highest BCUT2D eigenvalue weighted by atomic mass is 16.3. The van der Waals surface area contributed by atoms with E-state index in [0.717, 1.165) is 60.8 Å². The first-order valence-electron chi connectivity index (χ1n) is 19.3. The van der Waals surface area contributed by atoms with Crippen molar-refractivity contribution in [3.63, 3.8) is 0 Å². The van der Waals surface area contributed by atoms with Crippen LogP contribution < -0.4 is 0 Å². The van der Waals surface area contributed by atoms with E-state index in [0.29, 0.717) is 11.6 Å². The van der Waals surface area contributed by atoms with Crippen molar-refractivity contribution in [2.45, 2.75) is 5.41 Å². The van der Waals surface area contributed by atoms with Crippen LogP contribution in [0.15, 0.2) is 203 Å². The number of fused-ring (bicyclic) bond motifs is 8. The zero-order chi connectivity index (χ0) is 37.5. The molecule has 11 aromatic rings. The maximum absolute atomic E-state index is 6.48. The Morgan fingerprint density at radius 1 is 0.386 bits per heavy atom. The molecule has 0 saturated heterocycles. The summed E-state index contributed by atoms with van der Waals surface area (Å²) >= 11 is 0. The quantitative estimate of drug-likeness (QED) is 0.177. The molecule has 3 aromatic heterocycles. The van der Waals surface area contributed by atoms with Crippen LogP contribution in [0.3, 0.4) is 0 Å². The second-order valence-electron chi connectivity index (χ2n) is 14.9. The fraction of sp³-hybridized carbons (Fsp3) is 0.0189. The summed E-state index contributed by atoms with van der Waals surface area (Å²) in [6, 6.07) is 68.6. The van der Waals surface area contributed by atoms with Gasteiger partial charge in [0.25, 0.3) is 0 Å². The van der Waals surface area contributed by atoms with Gasteiger partial charge in [-0.3, -0.25) is 0 Å². The molecule has 12 rings (SSSR count). The van der Waals surface area contributed by atoms with Crippen molar-refractivity contribution in [3.8, 4) is 45.2 Å². The van der Waals surface area contributed by atoms with Crippen LogP contribution in [0.4, 0.5) is 0 Å². The van der Waals surface area contributed by atoms with E-state index in [1.807, 2.05) is 24.3 Å². The van der Waals surface area contributed by atoms with Crippen molar-refractivity contribution < 1.29 is 8.83 Å². The molecule has 0 radical (unpaired) electrons. The molecular formula is C53H32N2O2. The Balaban J connectivity index is 1.12. The van der Waals surface area contributed by atoms with Gasteiger partial charge in [-0.05, 0) is 92.7 Å². The van der Waals surface area contributed by atoms with E-state index >= 15 is 0 Å². The summed E-state index contributed by atoms with van der Waals surface area (Å²) in [5, 5.41) is 5.44. The number of aromatic nitrogens is 2. The lowest BCUT2D eigenvalue weighted by Crippen LogP contribution is -2.28. The van der Waals surface area contributed by atoms with Gasteiger partial charge < -0.3 is 8.83 Å². The Labute approximate surface area is 328 Å². The molecule has 0 fully saturated rings. The van der Waals surface area contributed by atoms with Gasteiger partial charge in [-0.15, -0.1) is 0 Å². The van der Waals surface area contributed by atoms with E-state index in [2.05, 4.69) is 170 Å². The Morgan fingerprint density at radius 3 is 1.81 bits per heavy atom. The van der Waals surface area contributed by atoms with E-state index in [-0.39, 0.29) is 0 Å². The number of benzene rings is 8. The maximum Gasteiger partial charge on any atom is 0.160 e. The Morgan fingerprint density at radius 2 is 1.02 bits per heavy atom. The number of nitrogens with zero attached hydrogens (tertiary/aromatic N) is 2. The normalized spacial score (nSPS) is 13.1. The number of rotatable bonds is 5. The molecule has 0 amide bonds. The number of para-hydroxylation sites is 1. The minimum absolute atomic E-state index is 0.528. The Kier molecular flexibility index (Phi) is 6.81. The Bertz CT molecular complexity index is 3290. The zero-order valence-corrected chi connectivity index (χ0v) is 30.7. The monoisotopic (exact) mass is 728 g/mol. The van der Waals surface area contributed by atoms with Crippen molar-refractivity contribution in [1.82, 2.24) is 9.97 Å². The topological polar surface area (TPSA) is 52.1 Å². The highest BCUT2D eigenvalue weighted by molar-refractivity contribution is 6.11. The third-order valence-corrected chi connectivity index (χ3v) is 11.8. The summed E-state index contributed by atoms with van der Waals surface area (Å²) in [6.45, 7) is 0. The molecule has 0 aliphatic heterocycles. The SMILES string of the molecule is c1ccc(C2(c3ccccc3)c3ccccc3-c3c(-c4cc(-c5cc6ccccc6o5)nc(-c5ccc6oc7cc8ccccc8cc7c6c5)n4)cccc32)cc1. The lowest BCUT2D eigenvalue weighted by molar-refractivity contribution is 0.628. The molecular weight excluding hydrogens is 697 g/mol. The summed E-state index contributed by atoms with van der Waals surface area (Å²) in [4.78, 5) is 10.7. The predicted octanol–water partition coefficient (Wildman–Crippen LogP) is 13.6. The van der Waals surface area contributed by atoms with Crippen LogP contribution in [-0.2, 0) is 5.41 Å². The van der Waals surface area contributed by atoms with E-state index in [1.165, 1.54) is 38.8 Å². The maximum atomic E-state index is 6.48. The van der Waals surface area contributed by atoms with Gasteiger partial charge in [0.1, 0.15) is 22.4 Å². The zero-order valence-electron chi connectivity index (χ0n) is 30.7. The summed E-state index contributed by atoms with van der Waals surface area (Å²) in [5.41, 5.74) is 12.7. The molecule has 4 nitrogen and oxygen atoms in total. The molecule has 4 heteroatoms. The fourth-order valence-electron chi connectivity index (χ4n) is 9.26. The lowest BCUT2D eigenvalue weighted by atomic mass is 9.67. The van der Waals surface area contributed by atoms with Crippen LogP contribution in [0, 0.1) is 0 Å². The summed E-state index contributed by atoms with van der Waals surface area (Å²) in [6.07, 6.45) is 0. The van der Waals surface area contributed by atoms with Gasteiger partial charge in [0.05, 0.1) is 11.1 Å². The third-order valence-electron chi connectivity index (χ3n) is 11.8. The van der Waals surface area contributed by atoms with E-state index in [1.54, 1.807) is 0 Å². The molecule has 0 atom stereocenters. The summed E-state index contributed by atoms with van der Waals surface area (Å²) in [5.74, 6) is 1.31. The number of furan rings is 2. The Hall–Kier alpha value is -7.56. The molecule has 266 valence electrons. The molecule has 0 N–H and O–H groups in total. The van der Waals surface area contributed by atoms with Gasteiger partial charge in [-0.1, -0.05) is 146 Å². The van der Waals surface area contributed by atoms with Crippen LogP contribution in [0.1, 0.15) is 22.3 Å². The predicted molar refractivity (Wildman–Crippen MR) is 230 cm³/mol. The average Bonchev–Trinajstić information content (AvgIpc) is 3.96. The van der Waals surface area contributed by atoms with Crippen molar-refractivity contribution in [2.24, 2.45) is 0 Å². The van der Waals surface area contributed by atoms with Gasteiger partial charge in [0, 0.05) is 27.3 Å². The molecule has 3 heterocycles. The first-order chi connectivity index (χ1) is 28.2. The number of hydrogen-bond donors (Lipinski definition) is 0. The van der Waals surface area contributed by atoms with Crippen molar-refractivity contribution in [3.05, 3.63) is 216 Å². The highest BCUT2D eigenvalue weighted by Crippen LogP contribution is 2.58. The molecule has 1 aliphatic carbocycles. The van der Waals surface area contributed by atoms with Gasteiger partial charge >= 0.3 is 0 Å². The van der Waals surface area contributed by atoms with Crippen molar-refractivity contribution in [1.29, 1.82) is 0 Å². The van der Waals surface area contributed by atoms with Gasteiger partial charge in [-0.2, -0.15) is 0 Å². The summed E-state index contributed by atoms with van der Waals surface area (Å²) in [7, 11) is 0. The van der Waals surface area contributed by atoms with Gasteiger partial charge in [0.2, 0.25) is 0 Å². The standard InChI is InChI=1S/C53H32N2O2/c1-3-17-37(18-4-1)53(38-19-5-2-6-20-38)43-23-11-10-21-39(43)51-40(22-13-24-44(51)53)45-32-46(50-31-35-16-9-12-25-47(35)56-50)55-52(54-45)36-26-27-48-41(29-36)42-28-33-14-7-8-15-34(33)30-49(42)57-48/h1-32H. The highest BCUT2D eigenvalue weighted by Gasteiger charge is 2.46. The van der Waals surface area contributed by atoms with Crippen LogP contribution >= 0.6 is 0 Å². The second kappa shape index (κ2) is 12.2. The minimum atomic E-state index is -0.528. The van der Waals surface area contributed by atoms with Crippen molar-refractivity contribution >= 4 is 43.7 Å². The fourth-order valence-corrected chi connectivity index (χ4v) is 9.26. The van der Waals surface area contributed by atoms with E-state index in [9.17, 15) is 0 Å². The van der Waals surface area contributed by atoms with Crippen LogP contribution in [0.25, 0.3) is 88.9 Å². The van der Waals surface area contributed by atoms with Gasteiger partial charge in [-0.25, -0.2) is 9.97 Å². The minimum Gasteiger partial charge on any atom is -0.456 e. The van der Waals surface area contributed by atoms with Crippen molar-refractivity contribution in [2.75, 3.05) is 0 Å². The summed E-state index contributed by atoms with van der Waals surface area (Å²) < 4.78 is 12.9. The first kappa shape index (κ1) is 31.8. The largest absolute Gasteiger partial charge is 0.456 e. The first-order valence-corrected chi connectivity index (χ1v) is 19.3. The van der Waals surface area contributed by atoms with Crippen LogP contribution in [-0.4, -0.2) is 9.97 Å². The van der Waals surface area contributed by atoms with E-state index in [4.69, 9.17) is 18.8 Å². The molecule has 0 unspecified atom stereocenters. The smallest absolute Gasteiger partial charge is 0.160 e. The molecule has 57 heavy (non-hydrogen) atoms. The van der Waals surface area contributed by atoms with Crippen LogP contribution in [0.5, 0.6) is 0 Å². The van der Waals surface area contributed by atoms with E-state index < -0.39 is 5.41 Å². The molecule has 0 spiro atoms. The molecule has 0 saturated carbocycles. The third kappa shape index (κ3) is 4.74. The van der Waals surface area contributed by atoms with Gasteiger partial charge in [0.15, 0.2) is 11.6 Å². The number of hydrogen-bond acceptors (Lipinski definition) is 4. The lowest BCUT2D eigenvalue weighted by Gasteiger charge is -2.33. The average molecular weight is 729 g/mol. The van der Waals surface area contributed by atoms with Crippen LogP contribution in [0.2, 0.25) is 0 Å². The molecule has 1 aliphatic rings.